The molecule has 0 atom stereocenters. The second-order valence-electron chi connectivity index (χ2n) is 5.22. The molecule has 0 saturated carbocycles. The maximum absolute atomic E-state index is 12.9. The predicted molar refractivity (Wildman–Crippen MR) is 91.0 cm³/mol. The molecule has 0 saturated heterocycles. The molecule has 0 amide bonds. The zero-order valence-corrected chi connectivity index (χ0v) is 13.4. The highest BCUT2D eigenvalue weighted by atomic mass is 19.1. The molecule has 124 valence electrons. The van der Waals surface area contributed by atoms with Gasteiger partial charge in [-0.3, -0.25) is 4.40 Å². The Morgan fingerprint density at radius 2 is 1.96 bits per heavy atom. The molecular formula is C17H19FN6. The Balaban J connectivity index is 1.67. The van der Waals surface area contributed by atoms with E-state index < -0.39 is 0 Å². The summed E-state index contributed by atoms with van der Waals surface area (Å²) in [5.74, 6) is 1.24. The normalized spacial score (nSPS) is 11.7. The van der Waals surface area contributed by atoms with Gasteiger partial charge in [0.1, 0.15) is 5.82 Å². The zero-order valence-electron chi connectivity index (χ0n) is 13.4. The monoisotopic (exact) mass is 326 g/mol. The lowest BCUT2D eigenvalue weighted by Gasteiger charge is -2.10. The molecule has 7 heteroatoms. The van der Waals surface area contributed by atoms with Crippen LogP contribution in [0.25, 0.3) is 5.65 Å². The smallest absolute Gasteiger partial charge is 0.191 e. The Labute approximate surface area is 139 Å². The third-order valence-electron chi connectivity index (χ3n) is 3.48. The van der Waals surface area contributed by atoms with Crippen LogP contribution in [0.15, 0.2) is 53.7 Å². The van der Waals surface area contributed by atoms with E-state index in [2.05, 4.69) is 25.8 Å². The lowest BCUT2D eigenvalue weighted by molar-refractivity contribution is 0.627. The summed E-state index contributed by atoms with van der Waals surface area (Å²) in [6, 6.07) is 12.1. The fourth-order valence-corrected chi connectivity index (χ4v) is 2.28. The molecule has 0 unspecified atom stereocenters. The molecule has 0 bridgehead atoms. The number of pyridine rings is 1. The predicted octanol–water partition coefficient (Wildman–Crippen LogP) is 2.12. The molecule has 6 nitrogen and oxygen atoms in total. The highest BCUT2D eigenvalue weighted by Gasteiger charge is 2.05. The largest absolute Gasteiger partial charge is 0.357 e. The van der Waals surface area contributed by atoms with Gasteiger partial charge in [-0.2, -0.15) is 0 Å². The van der Waals surface area contributed by atoms with Crippen molar-refractivity contribution in [3.8, 4) is 0 Å². The third-order valence-corrected chi connectivity index (χ3v) is 3.48. The van der Waals surface area contributed by atoms with Gasteiger partial charge in [-0.25, -0.2) is 9.38 Å². The molecule has 0 radical (unpaired) electrons. The standard InChI is InChI=1S/C17H19FN6/c1-2-19-17(20-11-13-6-8-14(18)9-7-13)21-12-16-23-22-15-5-3-4-10-24(15)16/h3-10H,2,11-12H2,1H3,(H2,19,20,21). The average molecular weight is 326 g/mol. The minimum Gasteiger partial charge on any atom is -0.357 e. The van der Waals surface area contributed by atoms with Gasteiger partial charge in [0.05, 0.1) is 13.1 Å². The highest BCUT2D eigenvalue weighted by molar-refractivity contribution is 5.79. The molecule has 0 fully saturated rings. The van der Waals surface area contributed by atoms with E-state index in [-0.39, 0.29) is 5.82 Å². The third kappa shape index (κ3) is 3.87. The number of hydrogen-bond acceptors (Lipinski definition) is 3. The number of nitrogens with one attached hydrogen (secondary N) is 2. The van der Waals surface area contributed by atoms with Crippen molar-refractivity contribution in [2.45, 2.75) is 20.0 Å². The van der Waals surface area contributed by atoms with E-state index in [1.807, 2.05) is 35.7 Å². The summed E-state index contributed by atoms with van der Waals surface area (Å²) in [6.45, 7) is 3.72. The minimum atomic E-state index is -0.244. The number of benzene rings is 1. The zero-order chi connectivity index (χ0) is 16.8. The van der Waals surface area contributed by atoms with Crippen LogP contribution < -0.4 is 10.6 Å². The number of hydrogen-bond donors (Lipinski definition) is 2. The van der Waals surface area contributed by atoms with Gasteiger partial charge >= 0.3 is 0 Å². The summed E-state index contributed by atoms with van der Waals surface area (Å²) in [6.07, 6.45) is 1.93. The van der Waals surface area contributed by atoms with Crippen LogP contribution in [0.1, 0.15) is 18.3 Å². The molecule has 2 heterocycles. The van der Waals surface area contributed by atoms with Crippen LogP contribution in [0.4, 0.5) is 4.39 Å². The van der Waals surface area contributed by atoms with Crippen molar-refractivity contribution in [2.24, 2.45) is 4.99 Å². The summed E-state index contributed by atoms with van der Waals surface area (Å²) in [5.41, 5.74) is 1.75. The molecule has 3 aromatic rings. The lowest BCUT2D eigenvalue weighted by Crippen LogP contribution is -2.37. The van der Waals surface area contributed by atoms with E-state index in [9.17, 15) is 4.39 Å². The van der Waals surface area contributed by atoms with E-state index in [0.717, 1.165) is 23.6 Å². The second kappa shape index (κ2) is 7.54. The molecule has 1 aromatic carbocycles. The van der Waals surface area contributed by atoms with Crippen LogP contribution in [0.3, 0.4) is 0 Å². The van der Waals surface area contributed by atoms with Crippen LogP contribution in [-0.4, -0.2) is 27.1 Å². The molecule has 0 spiro atoms. The number of aromatic nitrogens is 3. The van der Waals surface area contributed by atoms with Crippen LogP contribution in [-0.2, 0) is 13.1 Å². The van der Waals surface area contributed by atoms with E-state index in [1.54, 1.807) is 12.1 Å². The second-order valence-corrected chi connectivity index (χ2v) is 5.22. The summed E-state index contributed by atoms with van der Waals surface area (Å²) in [7, 11) is 0. The Hall–Kier alpha value is -2.96. The van der Waals surface area contributed by atoms with Gasteiger partial charge < -0.3 is 10.6 Å². The number of rotatable bonds is 5. The summed E-state index contributed by atoms with van der Waals surface area (Å²) < 4.78 is 14.9. The fraction of sp³-hybridized carbons (Fsp3) is 0.235. The summed E-state index contributed by atoms with van der Waals surface area (Å²) in [4.78, 5) is 4.51. The first-order valence-electron chi connectivity index (χ1n) is 7.81. The Kier molecular flexibility index (Phi) is 5.00. The maximum atomic E-state index is 12.9. The maximum Gasteiger partial charge on any atom is 0.191 e. The van der Waals surface area contributed by atoms with Crippen molar-refractivity contribution in [2.75, 3.05) is 6.54 Å². The summed E-state index contributed by atoms with van der Waals surface area (Å²) >= 11 is 0. The van der Waals surface area contributed by atoms with Gasteiger partial charge in [0, 0.05) is 12.7 Å². The first kappa shape index (κ1) is 15.9. The van der Waals surface area contributed by atoms with Crippen molar-refractivity contribution >= 4 is 11.6 Å². The van der Waals surface area contributed by atoms with Gasteiger partial charge in [-0.15, -0.1) is 10.2 Å². The van der Waals surface area contributed by atoms with Gasteiger partial charge in [-0.1, -0.05) is 18.2 Å². The van der Waals surface area contributed by atoms with Crippen LogP contribution in [0, 0.1) is 5.82 Å². The topological polar surface area (TPSA) is 66.6 Å². The van der Waals surface area contributed by atoms with Crippen LogP contribution in [0.2, 0.25) is 0 Å². The van der Waals surface area contributed by atoms with E-state index >= 15 is 0 Å². The van der Waals surface area contributed by atoms with Crippen molar-refractivity contribution in [1.82, 2.24) is 25.2 Å². The van der Waals surface area contributed by atoms with Crippen molar-refractivity contribution < 1.29 is 4.39 Å². The van der Waals surface area contributed by atoms with Crippen molar-refractivity contribution in [3.05, 3.63) is 65.9 Å². The first-order valence-corrected chi connectivity index (χ1v) is 7.81. The molecule has 0 aliphatic carbocycles. The van der Waals surface area contributed by atoms with Crippen molar-refractivity contribution in [1.29, 1.82) is 0 Å². The number of halogens is 1. The van der Waals surface area contributed by atoms with Crippen LogP contribution in [0.5, 0.6) is 0 Å². The highest BCUT2D eigenvalue weighted by Crippen LogP contribution is 2.04. The van der Waals surface area contributed by atoms with Gasteiger partial charge in [0.25, 0.3) is 0 Å². The van der Waals surface area contributed by atoms with Crippen molar-refractivity contribution in [3.63, 3.8) is 0 Å². The molecular weight excluding hydrogens is 307 g/mol. The van der Waals surface area contributed by atoms with Crippen LogP contribution >= 0.6 is 0 Å². The molecule has 0 aliphatic rings. The Bertz CT molecular complexity index is 824. The quantitative estimate of drug-likeness (QED) is 0.557. The molecule has 0 aliphatic heterocycles. The Morgan fingerprint density at radius 1 is 1.12 bits per heavy atom. The SMILES string of the molecule is CCNC(=NCc1ccc(F)cc1)NCc1nnc2ccccn12. The summed E-state index contributed by atoms with van der Waals surface area (Å²) in [5, 5.41) is 14.7. The number of guanidine groups is 1. The number of nitrogens with zero attached hydrogens (tertiary/aromatic N) is 4. The molecule has 2 N–H and O–H groups in total. The van der Waals surface area contributed by atoms with E-state index in [1.165, 1.54) is 12.1 Å². The average Bonchev–Trinajstić information content (AvgIpc) is 3.02. The fourth-order valence-electron chi connectivity index (χ4n) is 2.28. The molecule has 3 rings (SSSR count). The van der Waals surface area contributed by atoms with Gasteiger partial charge in [0.2, 0.25) is 0 Å². The minimum absolute atomic E-state index is 0.244. The lowest BCUT2D eigenvalue weighted by atomic mass is 10.2. The van der Waals surface area contributed by atoms with Gasteiger partial charge in [-0.05, 0) is 36.8 Å². The van der Waals surface area contributed by atoms with E-state index in [0.29, 0.717) is 19.0 Å². The first-order chi connectivity index (χ1) is 11.8. The molecule has 24 heavy (non-hydrogen) atoms. The molecule has 2 aromatic heterocycles. The number of aliphatic imine (C=N–C) groups is 1. The van der Waals surface area contributed by atoms with E-state index in [4.69, 9.17) is 0 Å². The Morgan fingerprint density at radius 3 is 2.75 bits per heavy atom. The van der Waals surface area contributed by atoms with Gasteiger partial charge in [0.15, 0.2) is 17.4 Å². The number of fused-ring (bicyclic) bond motifs is 1.